The van der Waals surface area contributed by atoms with Crippen molar-refractivity contribution in [3.8, 4) is 11.4 Å². The van der Waals surface area contributed by atoms with Crippen LogP contribution in [0.1, 0.15) is 19.4 Å². The van der Waals surface area contributed by atoms with Gasteiger partial charge in [-0.2, -0.15) is 0 Å². The van der Waals surface area contributed by atoms with Crippen LogP contribution in [0, 0.1) is 18.7 Å². The first kappa shape index (κ1) is 24.4. The Morgan fingerprint density at radius 2 is 1.82 bits per heavy atom. The third-order valence-electron chi connectivity index (χ3n) is 4.85. The highest BCUT2D eigenvalue weighted by Crippen LogP contribution is 2.27. The average Bonchev–Trinajstić information content (AvgIpc) is 3.15. The summed E-state index contributed by atoms with van der Waals surface area (Å²) in [6.45, 7) is 6.59. The Morgan fingerprint density at radius 1 is 1.12 bits per heavy atom. The van der Waals surface area contributed by atoms with E-state index in [0.29, 0.717) is 28.8 Å². The first-order chi connectivity index (χ1) is 15.7. The van der Waals surface area contributed by atoms with Gasteiger partial charge in [0, 0.05) is 19.3 Å². The molecule has 7 nitrogen and oxygen atoms in total. The number of anilines is 1. The molecule has 0 saturated carbocycles. The van der Waals surface area contributed by atoms with E-state index in [1.54, 1.807) is 25.2 Å². The number of thioether (sulfide) groups is 1. The van der Waals surface area contributed by atoms with E-state index < -0.39 is 0 Å². The highest BCUT2D eigenvalue weighted by molar-refractivity contribution is 7.99. The van der Waals surface area contributed by atoms with Crippen molar-refractivity contribution < 1.29 is 14.0 Å². The van der Waals surface area contributed by atoms with E-state index >= 15 is 0 Å². The van der Waals surface area contributed by atoms with Gasteiger partial charge in [0.25, 0.3) is 0 Å². The number of carbonyl (C=O) groups is 2. The summed E-state index contributed by atoms with van der Waals surface area (Å²) in [5.74, 6) is -0.0730. The number of amides is 2. The molecule has 0 saturated heterocycles. The van der Waals surface area contributed by atoms with E-state index in [-0.39, 0.29) is 35.8 Å². The van der Waals surface area contributed by atoms with Gasteiger partial charge in [-0.3, -0.25) is 9.59 Å². The normalized spacial score (nSPS) is 11.0. The van der Waals surface area contributed by atoms with Gasteiger partial charge in [0.15, 0.2) is 11.0 Å². The van der Waals surface area contributed by atoms with Gasteiger partial charge in [-0.1, -0.05) is 55.4 Å². The van der Waals surface area contributed by atoms with E-state index in [1.807, 2.05) is 49.6 Å². The van der Waals surface area contributed by atoms with Gasteiger partial charge >= 0.3 is 0 Å². The summed E-state index contributed by atoms with van der Waals surface area (Å²) >= 11 is 1.22. The second-order valence-corrected chi connectivity index (χ2v) is 9.19. The fourth-order valence-electron chi connectivity index (χ4n) is 3.14. The molecule has 0 unspecified atom stereocenters. The Hall–Kier alpha value is -3.20. The molecule has 0 spiro atoms. The Labute approximate surface area is 197 Å². The average molecular weight is 470 g/mol. The first-order valence-electron chi connectivity index (χ1n) is 10.7. The maximum atomic E-state index is 14.3. The van der Waals surface area contributed by atoms with Crippen LogP contribution in [0.3, 0.4) is 0 Å². The van der Waals surface area contributed by atoms with E-state index in [9.17, 15) is 14.0 Å². The highest BCUT2D eigenvalue weighted by atomic mass is 32.2. The summed E-state index contributed by atoms with van der Waals surface area (Å²) in [5, 5.41) is 11.7. The van der Waals surface area contributed by atoms with Crippen molar-refractivity contribution in [2.24, 2.45) is 5.92 Å². The topological polar surface area (TPSA) is 80.1 Å². The van der Waals surface area contributed by atoms with Crippen LogP contribution in [0.15, 0.2) is 53.7 Å². The molecule has 1 aromatic heterocycles. The molecule has 1 N–H and O–H groups in total. The molecule has 0 radical (unpaired) electrons. The maximum absolute atomic E-state index is 14.3. The van der Waals surface area contributed by atoms with Crippen LogP contribution in [-0.4, -0.2) is 50.8 Å². The van der Waals surface area contributed by atoms with Crippen LogP contribution in [-0.2, 0) is 16.1 Å². The molecular weight excluding hydrogens is 441 g/mol. The number of rotatable bonds is 9. The zero-order valence-electron chi connectivity index (χ0n) is 19.2. The molecule has 33 heavy (non-hydrogen) atoms. The molecule has 3 aromatic rings. The van der Waals surface area contributed by atoms with Gasteiger partial charge in [-0.15, -0.1) is 10.2 Å². The lowest BCUT2D eigenvalue weighted by molar-refractivity contribution is -0.131. The van der Waals surface area contributed by atoms with Gasteiger partial charge in [0.05, 0.1) is 17.9 Å². The summed E-state index contributed by atoms with van der Waals surface area (Å²) in [5.41, 5.74) is 2.15. The second kappa shape index (κ2) is 11.1. The molecule has 2 aromatic carbocycles. The summed E-state index contributed by atoms with van der Waals surface area (Å²) < 4.78 is 16.2. The summed E-state index contributed by atoms with van der Waals surface area (Å²) in [6, 6.07) is 13.9. The number of halogens is 1. The largest absolute Gasteiger partial charge is 0.336 e. The molecule has 2 amide bonds. The van der Waals surface area contributed by atoms with Crippen molar-refractivity contribution in [1.29, 1.82) is 0 Å². The number of hydrogen-bond acceptors (Lipinski definition) is 5. The van der Waals surface area contributed by atoms with E-state index in [0.717, 1.165) is 5.56 Å². The zero-order chi connectivity index (χ0) is 24.0. The van der Waals surface area contributed by atoms with Crippen molar-refractivity contribution in [3.63, 3.8) is 0 Å². The number of carbonyl (C=O) groups excluding carboxylic acids is 2. The van der Waals surface area contributed by atoms with Gasteiger partial charge in [-0.05, 0) is 37.1 Å². The second-order valence-electron chi connectivity index (χ2n) is 8.24. The molecule has 9 heteroatoms. The van der Waals surface area contributed by atoms with Crippen LogP contribution in [0.5, 0.6) is 0 Å². The zero-order valence-corrected chi connectivity index (χ0v) is 20.0. The number of nitrogens with zero attached hydrogens (tertiary/aromatic N) is 4. The lowest BCUT2D eigenvalue weighted by Gasteiger charge is -2.17. The van der Waals surface area contributed by atoms with Crippen LogP contribution in [0.2, 0.25) is 0 Å². The minimum atomic E-state index is -0.373. The van der Waals surface area contributed by atoms with Crippen molar-refractivity contribution in [1.82, 2.24) is 19.7 Å². The van der Waals surface area contributed by atoms with Crippen molar-refractivity contribution >= 4 is 29.3 Å². The van der Waals surface area contributed by atoms with Crippen LogP contribution >= 0.6 is 11.8 Å². The Bertz CT molecular complexity index is 1110. The van der Waals surface area contributed by atoms with Crippen LogP contribution < -0.4 is 5.32 Å². The smallest absolute Gasteiger partial charge is 0.243 e. The van der Waals surface area contributed by atoms with Crippen LogP contribution in [0.25, 0.3) is 11.4 Å². The molecule has 0 aliphatic carbocycles. The van der Waals surface area contributed by atoms with Crippen molar-refractivity contribution in [2.45, 2.75) is 32.5 Å². The van der Waals surface area contributed by atoms with E-state index in [2.05, 4.69) is 15.5 Å². The predicted molar refractivity (Wildman–Crippen MR) is 128 cm³/mol. The molecule has 0 aliphatic rings. The van der Waals surface area contributed by atoms with Gasteiger partial charge in [-0.25, -0.2) is 4.39 Å². The molecule has 0 atom stereocenters. The van der Waals surface area contributed by atoms with Crippen molar-refractivity contribution in [2.75, 3.05) is 24.7 Å². The Kier molecular flexibility index (Phi) is 8.21. The lowest BCUT2D eigenvalue weighted by atomic mass is 10.2. The molecular formula is C24H28FN5O2S. The molecule has 0 fully saturated rings. The number of hydrogen-bond donors (Lipinski definition) is 1. The number of likely N-dealkylation sites (N-methyl/N-ethyl adjacent to an activating group) is 1. The first-order valence-corrected chi connectivity index (χ1v) is 11.6. The fraction of sp³-hybridized carbons (Fsp3) is 0.333. The SMILES string of the molecule is Cc1ccc(NC(=O)CN(C)C(=O)CSc2nnc(-c3ccccc3F)n2CC(C)C)cc1. The number of aryl methyl sites for hydroxylation is 1. The number of nitrogens with one attached hydrogen (secondary N) is 1. The summed E-state index contributed by atoms with van der Waals surface area (Å²) in [4.78, 5) is 26.3. The maximum Gasteiger partial charge on any atom is 0.243 e. The Balaban J connectivity index is 1.63. The predicted octanol–water partition coefficient (Wildman–Crippen LogP) is 4.24. The summed E-state index contributed by atoms with van der Waals surface area (Å²) in [6.07, 6.45) is 0. The van der Waals surface area contributed by atoms with E-state index in [4.69, 9.17) is 0 Å². The standard InChI is InChI=1S/C24H28FN5O2S/c1-16(2)13-30-23(19-7-5-6-8-20(19)25)27-28-24(30)33-15-22(32)29(4)14-21(31)26-18-11-9-17(3)10-12-18/h5-12,16H,13-15H2,1-4H3,(H,26,31). The van der Waals surface area contributed by atoms with Gasteiger partial charge in [0.1, 0.15) is 5.82 Å². The monoisotopic (exact) mass is 469 g/mol. The number of aromatic nitrogens is 3. The third kappa shape index (κ3) is 6.64. The molecule has 0 bridgehead atoms. The molecule has 1 heterocycles. The highest BCUT2D eigenvalue weighted by Gasteiger charge is 2.20. The van der Waals surface area contributed by atoms with Crippen LogP contribution in [0.4, 0.5) is 10.1 Å². The molecule has 174 valence electrons. The minimum Gasteiger partial charge on any atom is -0.336 e. The quantitative estimate of drug-likeness (QED) is 0.474. The third-order valence-corrected chi connectivity index (χ3v) is 5.80. The minimum absolute atomic E-state index is 0.0631. The number of benzene rings is 2. The molecule has 3 rings (SSSR count). The summed E-state index contributed by atoms with van der Waals surface area (Å²) in [7, 11) is 1.58. The van der Waals surface area contributed by atoms with E-state index in [1.165, 1.54) is 22.7 Å². The Morgan fingerprint density at radius 3 is 2.48 bits per heavy atom. The molecule has 0 aliphatic heterocycles. The van der Waals surface area contributed by atoms with Gasteiger partial charge < -0.3 is 14.8 Å². The van der Waals surface area contributed by atoms with Gasteiger partial charge in [0.2, 0.25) is 11.8 Å². The van der Waals surface area contributed by atoms with Crippen molar-refractivity contribution in [3.05, 3.63) is 59.9 Å². The lowest BCUT2D eigenvalue weighted by Crippen LogP contribution is -2.36. The fourth-order valence-corrected chi connectivity index (χ4v) is 4.03.